The summed E-state index contributed by atoms with van der Waals surface area (Å²) in [5.74, 6) is 1.76. The molecule has 1 aliphatic heterocycles. The molecular weight excluding hydrogens is 319 g/mol. The van der Waals surface area contributed by atoms with E-state index in [2.05, 4.69) is 5.32 Å². The van der Waals surface area contributed by atoms with Crippen molar-refractivity contribution in [3.63, 3.8) is 0 Å². The standard InChI is InChI=1S/C14H18F3NOS2/c1-2-12(19)18-11-5-4-9(14(15,16)17)8-10(11)13-20-6-3-7-21-13/h8,13H,2-7H2,1H3,(H,18,19). The number of amides is 1. The van der Waals surface area contributed by atoms with Gasteiger partial charge in [0.05, 0.1) is 4.58 Å². The van der Waals surface area contributed by atoms with Gasteiger partial charge in [-0.05, 0) is 42.4 Å². The van der Waals surface area contributed by atoms with E-state index in [0.29, 0.717) is 17.7 Å². The van der Waals surface area contributed by atoms with E-state index in [0.717, 1.165) is 17.9 Å². The van der Waals surface area contributed by atoms with Gasteiger partial charge in [0.15, 0.2) is 0 Å². The molecule has 0 spiro atoms. The third-order valence-corrected chi connectivity index (χ3v) is 6.36. The maximum atomic E-state index is 12.9. The molecule has 0 aromatic heterocycles. The molecule has 1 amide bonds. The summed E-state index contributed by atoms with van der Waals surface area (Å²) in [5, 5.41) is 2.79. The van der Waals surface area contributed by atoms with Gasteiger partial charge in [-0.15, -0.1) is 23.5 Å². The maximum Gasteiger partial charge on any atom is 0.412 e. The van der Waals surface area contributed by atoms with Crippen molar-refractivity contribution in [3.05, 3.63) is 22.9 Å². The zero-order valence-corrected chi connectivity index (χ0v) is 13.4. The molecule has 0 atom stereocenters. The van der Waals surface area contributed by atoms with Crippen molar-refractivity contribution in [2.24, 2.45) is 0 Å². The molecule has 1 aliphatic carbocycles. The van der Waals surface area contributed by atoms with Crippen molar-refractivity contribution >= 4 is 29.4 Å². The van der Waals surface area contributed by atoms with Gasteiger partial charge in [0.25, 0.3) is 0 Å². The SMILES string of the molecule is CCC(=O)NC1=C(C2SCCCS2)C=C(C(F)(F)F)CC1. The van der Waals surface area contributed by atoms with Crippen molar-refractivity contribution < 1.29 is 18.0 Å². The summed E-state index contributed by atoms with van der Waals surface area (Å²) in [6.45, 7) is 1.74. The molecule has 2 aliphatic rings. The fourth-order valence-electron chi connectivity index (χ4n) is 2.24. The lowest BCUT2D eigenvalue weighted by atomic mass is 9.96. The van der Waals surface area contributed by atoms with E-state index in [1.54, 1.807) is 30.4 Å². The van der Waals surface area contributed by atoms with Crippen LogP contribution in [0.3, 0.4) is 0 Å². The molecule has 2 rings (SSSR count). The monoisotopic (exact) mass is 337 g/mol. The Hall–Kier alpha value is -0.560. The zero-order chi connectivity index (χ0) is 15.5. The number of carbonyl (C=O) groups excluding carboxylic acids is 1. The van der Waals surface area contributed by atoms with Crippen LogP contribution in [0.2, 0.25) is 0 Å². The molecule has 7 heteroatoms. The third kappa shape index (κ3) is 4.45. The predicted octanol–water partition coefficient (Wildman–Crippen LogP) is 4.25. The predicted molar refractivity (Wildman–Crippen MR) is 82.2 cm³/mol. The highest BCUT2D eigenvalue weighted by atomic mass is 32.2. The van der Waals surface area contributed by atoms with Crippen LogP contribution in [-0.2, 0) is 4.79 Å². The van der Waals surface area contributed by atoms with Gasteiger partial charge in [-0.25, -0.2) is 0 Å². The van der Waals surface area contributed by atoms with Gasteiger partial charge >= 0.3 is 6.18 Å². The summed E-state index contributed by atoms with van der Waals surface area (Å²) in [5.41, 5.74) is 0.825. The second-order valence-electron chi connectivity index (χ2n) is 4.93. The van der Waals surface area contributed by atoms with Crippen molar-refractivity contribution in [3.8, 4) is 0 Å². The normalized spacial score (nSPS) is 21.2. The molecule has 118 valence electrons. The van der Waals surface area contributed by atoms with Crippen molar-refractivity contribution in [1.82, 2.24) is 5.32 Å². The molecule has 21 heavy (non-hydrogen) atoms. The maximum absolute atomic E-state index is 12.9. The van der Waals surface area contributed by atoms with Crippen LogP contribution in [0.25, 0.3) is 0 Å². The van der Waals surface area contributed by atoms with Crippen LogP contribution in [0.15, 0.2) is 22.9 Å². The summed E-state index contributed by atoms with van der Waals surface area (Å²) >= 11 is 3.33. The van der Waals surface area contributed by atoms with E-state index in [1.165, 1.54) is 6.08 Å². The summed E-state index contributed by atoms with van der Waals surface area (Å²) in [4.78, 5) is 11.6. The summed E-state index contributed by atoms with van der Waals surface area (Å²) in [6, 6.07) is 0. The number of halogens is 3. The smallest absolute Gasteiger partial charge is 0.329 e. The highest BCUT2D eigenvalue weighted by Crippen LogP contribution is 2.42. The lowest BCUT2D eigenvalue weighted by Gasteiger charge is -2.29. The minimum atomic E-state index is -4.28. The molecule has 0 unspecified atom stereocenters. The minimum Gasteiger partial charge on any atom is -0.329 e. The molecule has 1 heterocycles. The first-order valence-electron chi connectivity index (χ1n) is 6.95. The van der Waals surface area contributed by atoms with Crippen LogP contribution < -0.4 is 5.32 Å². The van der Waals surface area contributed by atoms with Crippen molar-refractivity contribution in [2.45, 2.75) is 43.4 Å². The van der Waals surface area contributed by atoms with Crippen LogP contribution in [0.5, 0.6) is 0 Å². The highest BCUT2D eigenvalue weighted by Gasteiger charge is 2.36. The molecule has 2 nitrogen and oxygen atoms in total. The Labute approximate surface area is 131 Å². The molecule has 1 fully saturated rings. The Morgan fingerprint density at radius 3 is 2.57 bits per heavy atom. The number of alkyl halides is 3. The fraction of sp³-hybridized carbons (Fsp3) is 0.643. The van der Waals surface area contributed by atoms with Crippen LogP contribution >= 0.6 is 23.5 Å². The number of carbonyl (C=O) groups is 1. The Bertz CT molecular complexity index is 465. The van der Waals surface area contributed by atoms with E-state index < -0.39 is 11.7 Å². The quantitative estimate of drug-likeness (QED) is 0.835. The lowest BCUT2D eigenvalue weighted by Crippen LogP contribution is -2.28. The van der Waals surface area contributed by atoms with Gasteiger partial charge in [-0.2, -0.15) is 13.2 Å². The van der Waals surface area contributed by atoms with Gasteiger partial charge < -0.3 is 5.32 Å². The number of nitrogens with one attached hydrogen (secondary N) is 1. The lowest BCUT2D eigenvalue weighted by molar-refractivity contribution is -0.120. The molecule has 0 bridgehead atoms. The number of rotatable bonds is 3. The summed E-state index contributed by atoms with van der Waals surface area (Å²) in [7, 11) is 0. The van der Waals surface area contributed by atoms with Crippen LogP contribution in [0.4, 0.5) is 13.2 Å². The van der Waals surface area contributed by atoms with Crippen LogP contribution in [-0.4, -0.2) is 28.2 Å². The zero-order valence-electron chi connectivity index (χ0n) is 11.8. The molecule has 1 N–H and O–H groups in total. The van der Waals surface area contributed by atoms with Gasteiger partial charge in [0.2, 0.25) is 5.91 Å². The van der Waals surface area contributed by atoms with Crippen LogP contribution in [0.1, 0.15) is 32.6 Å². The fourth-order valence-corrected chi connectivity index (χ4v) is 5.22. The minimum absolute atomic E-state index is 0.0106. The Balaban J connectivity index is 2.30. The van der Waals surface area contributed by atoms with Gasteiger partial charge in [0.1, 0.15) is 0 Å². The Morgan fingerprint density at radius 1 is 1.33 bits per heavy atom. The van der Waals surface area contributed by atoms with E-state index in [1.807, 2.05) is 0 Å². The largest absolute Gasteiger partial charge is 0.412 e. The van der Waals surface area contributed by atoms with E-state index in [-0.39, 0.29) is 23.3 Å². The molecular formula is C14H18F3NOS2. The van der Waals surface area contributed by atoms with E-state index >= 15 is 0 Å². The molecule has 0 saturated carbocycles. The van der Waals surface area contributed by atoms with Crippen LogP contribution in [0, 0.1) is 0 Å². The average Bonchev–Trinajstić information content (AvgIpc) is 2.47. The second-order valence-corrected chi connectivity index (χ2v) is 7.65. The van der Waals surface area contributed by atoms with Gasteiger partial charge in [0, 0.05) is 17.7 Å². The summed E-state index contributed by atoms with van der Waals surface area (Å²) in [6.07, 6.45) is -1.43. The van der Waals surface area contributed by atoms with E-state index in [4.69, 9.17) is 0 Å². The topological polar surface area (TPSA) is 29.1 Å². The molecule has 0 radical (unpaired) electrons. The number of thioether (sulfide) groups is 2. The number of hydrogen-bond acceptors (Lipinski definition) is 3. The highest BCUT2D eigenvalue weighted by molar-refractivity contribution is 8.17. The Morgan fingerprint density at radius 2 is 2.00 bits per heavy atom. The van der Waals surface area contributed by atoms with Gasteiger partial charge in [-0.1, -0.05) is 6.92 Å². The summed E-state index contributed by atoms with van der Waals surface area (Å²) < 4.78 is 38.8. The number of allylic oxidation sites excluding steroid dienone is 3. The van der Waals surface area contributed by atoms with Crippen molar-refractivity contribution in [1.29, 1.82) is 0 Å². The molecule has 0 aromatic rings. The molecule has 1 saturated heterocycles. The number of hydrogen-bond donors (Lipinski definition) is 1. The Kier molecular flexibility index (Phi) is 5.71. The molecule has 0 aromatic carbocycles. The first kappa shape index (κ1) is 16.8. The second kappa shape index (κ2) is 7.13. The van der Waals surface area contributed by atoms with E-state index in [9.17, 15) is 18.0 Å². The van der Waals surface area contributed by atoms with Gasteiger partial charge in [-0.3, -0.25) is 4.79 Å². The van der Waals surface area contributed by atoms with Crippen molar-refractivity contribution in [2.75, 3.05) is 11.5 Å². The first-order valence-corrected chi connectivity index (χ1v) is 9.05. The third-order valence-electron chi connectivity index (χ3n) is 3.38. The average molecular weight is 337 g/mol. The first-order chi connectivity index (χ1) is 9.91.